The maximum Gasteiger partial charge on any atom is 0.130 e. The van der Waals surface area contributed by atoms with Crippen molar-refractivity contribution in [3.05, 3.63) is 29.3 Å². The molecule has 1 aromatic carbocycles. The second-order valence-electron chi connectivity index (χ2n) is 5.55. The minimum atomic E-state index is 0.236. The quantitative estimate of drug-likeness (QED) is 0.855. The number of carbonyl (C=O) groups is 1. The summed E-state index contributed by atoms with van der Waals surface area (Å²) in [7, 11) is 1.99. The molecule has 19 heavy (non-hydrogen) atoms. The molecule has 1 saturated carbocycles. The lowest BCUT2D eigenvalue weighted by molar-refractivity contribution is -0.116. The minimum absolute atomic E-state index is 0.236. The summed E-state index contributed by atoms with van der Waals surface area (Å²) in [5, 5.41) is 3.26. The highest BCUT2D eigenvalue weighted by atomic mass is 16.5. The molecule has 0 amide bonds. The second-order valence-corrected chi connectivity index (χ2v) is 5.55. The van der Waals surface area contributed by atoms with Gasteiger partial charge in [0.05, 0.1) is 0 Å². The fraction of sp³-hybridized carbons (Fsp3) is 0.562. The van der Waals surface area contributed by atoms with Crippen molar-refractivity contribution in [2.24, 2.45) is 0 Å². The summed E-state index contributed by atoms with van der Waals surface area (Å²) in [5.41, 5.74) is 2.38. The Labute approximate surface area is 115 Å². The van der Waals surface area contributed by atoms with E-state index < -0.39 is 0 Å². The zero-order chi connectivity index (χ0) is 13.8. The standard InChI is InChI=1S/C16H23NO2/c1-11-6-13(5-4-12(2)18)8-15(7-11)19-16-9-14(10-16)17-3/h6-8,14,16-17H,4-5,9-10H2,1-3H3/t14-,16-. The van der Waals surface area contributed by atoms with Crippen LogP contribution in [0.4, 0.5) is 0 Å². The Morgan fingerprint density at radius 3 is 2.74 bits per heavy atom. The molecule has 1 fully saturated rings. The average Bonchev–Trinajstić information content (AvgIpc) is 2.30. The van der Waals surface area contributed by atoms with Gasteiger partial charge in [0.25, 0.3) is 0 Å². The highest BCUT2D eigenvalue weighted by Crippen LogP contribution is 2.27. The van der Waals surface area contributed by atoms with E-state index in [0.717, 1.165) is 25.0 Å². The van der Waals surface area contributed by atoms with E-state index in [4.69, 9.17) is 4.74 Å². The number of nitrogens with one attached hydrogen (secondary N) is 1. The molecule has 0 aromatic heterocycles. The molecule has 0 saturated heterocycles. The molecule has 1 aromatic rings. The SMILES string of the molecule is CN[C@H]1C[C@H](Oc2cc(C)cc(CCC(C)=O)c2)C1. The van der Waals surface area contributed by atoms with E-state index in [1.165, 1.54) is 11.1 Å². The van der Waals surface area contributed by atoms with Gasteiger partial charge in [0.1, 0.15) is 17.6 Å². The lowest BCUT2D eigenvalue weighted by Crippen LogP contribution is -2.45. The van der Waals surface area contributed by atoms with E-state index in [1.54, 1.807) is 6.92 Å². The molecule has 0 atom stereocenters. The smallest absolute Gasteiger partial charge is 0.130 e. The third-order valence-electron chi connectivity index (χ3n) is 3.68. The third-order valence-corrected chi connectivity index (χ3v) is 3.68. The monoisotopic (exact) mass is 261 g/mol. The first-order valence-electron chi connectivity index (χ1n) is 7.00. The van der Waals surface area contributed by atoms with Crippen molar-refractivity contribution in [2.45, 2.75) is 51.7 Å². The van der Waals surface area contributed by atoms with Crippen LogP contribution in [0.25, 0.3) is 0 Å². The van der Waals surface area contributed by atoms with Gasteiger partial charge in [0.2, 0.25) is 0 Å². The number of aryl methyl sites for hydroxylation is 2. The summed E-state index contributed by atoms with van der Waals surface area (Å²) in [5.74, 6) is 1.18. The zero-order valence-corrected chi connectivity index (χ0v) is 12.0. The van der Waals surface area contributed by atoms with Crippen molar-refractivity contribution < 1.29 is 9.53 Å². The Morgan fingerprint density at radius 2 is 2.11 bits per heavy atom. The number of ether oxygens (including phenoxy) is 1. The molecule has 3 nitrogen and oxygen atoms in total. The number of ketones is 1. The van der Waals surface area contributed by atoms with Crippen molar-refractivity contribution in [3.63, 3.8) is 0 Å². The molecular formula is C16H23NO2. The Balaban J connectivity index is 1.95. The van der Waals surface area contributed by atoms with E-state index in [0.29, 0.717) is 18.6 Å². The molecule has 104 valence electrons. The third kappa shape index (κ3) is 4.06. The molecule has 2 rings (SSSR count). The lowest BCUT2D eigenvalue weighted by Gasteiger charge is -2.35. The van der Waals surface area contributed by atoms with E-state index in [2.05, 4.69) is 30.4 Å². The van der Waals surface area contributed by atoms with Crippen LogP contribution in [0.1, 0.15) is 37.3 Å². The first-order chi connectivity index (χ1) is 9.06. The number of carbonyl (C=O) groups excluding carboxylic acids is 1. The van der Waals surface area contributed by atoms with E-state index in [-0.39, 0.29) is 5.78 Å². The van der Waals surface area contributed by atoms with E-state index >= 15 is 0 Å². The van der Waals surface area contributed by atoms with Crippen molar-refractivity contribution in [2.75, 3.05) is 7.05 Å². The fourth-order valence-electron chi connectivity index (χ4n) is 2.45. The number of rotatable bonds is 6. The summed E-state index contributed by atoms with van der Waals surface area (Å²) < 4.78 is 5.99. The molecule has 0 unspecified atom stereocenters. The van der Waals surface area contributed by atoms with Crippen LogP contribution in [0.2, 0.25) is 0 Å². The van der Waals surface area contributed by atoms with Crippen LogP contribution in [-0.2, 0) is 11.2 Å². The van der Waals surface area contributed by atoms with Gasteiger partial charge in [-0.05, 0) is 63.4 Å². The Bertz CT molecular complexity index is 450. The number of Topliss-reactive ketones (excluding diaryl/α,β-unsaturated/α-hetero) is 1. The number of hydrogen-bond donors (Lipinski definition) is 1. The maximum absolute atomic E-state index is 11.1. The van der Waals surface area contributed by atoms with Crippen LogP contribution >= 0.6 is 0 Å². The maximum atomic E-state index is 11.1. The molecule has 0 bridgehead atoms. The van der Waals surface area contributed by atoms with Gasteiger partial charge < -0.3 is 14.8 Å². The Kier molecular flexibility index (Phi) is 4.59. The number of benzene rings is 1. The molecule has 1 N–H and O–H groups in total. The summed E-state index contributed by atoms with van der Waals surface area (Å²) in [4.78, 5) is 11.1. The van der Waals surface area contributed by atoms with E-state index in [9.17, 15) is 4.79 Å². The molecule has 0 aliphatic heterocycles. The first kappa shape index (κ1) is 14.1. The van der Waals surface area contributed by atoms with Gasteiger partial charge >= 0.3 is 0 Å². The fourth-order valence-corrected chi connectivity index (χ4v) is 2.45. The summed E-state index contributed by atoms with van der Waals surface area (Å²) >= 11 is 0. The zero-order valence-electron chi connectivity index (χ0n) is 12.0. The second kappa shape index (κ2) is 6.20. The van der Waals surface area contributed by atoms with Gasteiger partial charge in [-0.3, -0.25) is 0 Å². The predicted molar refractivity (Wildman–Crippen MR) is 76.7 cm³/mol. The van der Waals surface area contributed by atoms with Gasteiger partial charge in [-0.1, -0.05) is 6.07 Å². The minimum Gasteiger partial charge on any atom is -0.490 e. The molecule has 3 heteroatoms. The molecule has 0 radical (unpaired) electrons. The number of hydrogen-bond acceptors (Lipinski definition) is 3. The molecular weight excluding hydrogens is 238 g/mol. The van der Waals surface area contributed by atoms with Crippen LogP contribution < -0.4 is 10.1 Å². The Morgan fingerprint density at radius 1 is 1.37 bits per heavy atom. The van der Waals surface area contributed by atoms with Gasteiger partial charge in [-0.25, -0.2) is 0 Å². The first-order valence-corrected chi connectivity index (χ1v) is 7.00. The van der Waals surface area contributed by atoms with E-state index in [1.807, 2.05) is 7.05 Å². The summed E-state index contributed by atoms with van der Waals surface area (Å²) in [6, 6.07) is 6.88. The normalized spacial score (nSPS) is 21.8. The van der Waals surface area contributed by atoms with Crippen LogP contribution in [0, 0.1) is 6.92 Å². The van der Waals surface area contributed by atoms with Crippen LogP contribution in [0.5, 0.6) is 5.75 Å². The van der Waals surface area contributed by atoms with Crippen LogP contribution in [0.3, 0.4) is 0 Å². The topological polar surface area (TPSA) is 38.3 Å². The Hall–Kier alpha value is -1.35. The van der Waals surface area contributed by atoms with Gasteiger partial charge in [0.15, 0.2) is 0 Å². The highest BCUT2D eigenvalue weighted by molar-refractivity contribution is 5.75. The lowest BCUT2D eigenvalue weighted by atomic mass is 9.89. The predicted octanol–water partition coefficient (Wildman–Crippen LogP) is 2.65. The van der Waals surface area contributed by atoms with Gasteiger partial charge in [-0.2, -0.15) is 0 Å². The van der Waals surface area contributed by atoms with Crippen LogP contribution in [0.15, 0.2) is 18.2 Å². The van der Waals surface area contributed by atoms with Crippen molar-refractivity contribution in [1.82, 2.24) is 5.32 Å². The molecule has 1 aliphatic rings. The van der Waals surface area contributed by atoms with Crippen molar-refractivity contribution in [1.29, 1.82) is 0 Å². The van der Waals surface area contributed by atoms with Gasteiger partial charge in [0, 0.05) is 12.5 Å². The van der Waals surface area contributed by atoms with Gasteiger partial charge in [-0.15, -0.1) is 0 Å². The molecule has 1 aliphatic carbocycles. The van der Waals surface area contributed by atoms with Crippen molar-refractivity contribution >= 4 is 5.78 Å². The highest BCUT2D eigenvalue weighted by Gasteiger charge is 2.29. The van der Waals surface area contributed by atoms with Crippen LogP contribution in [-0.4, -0.2) is 25.0 Å². The molecule has 0 heterocycles. The largest absolute Gasteiger partial charge is 0.490 e. The van der Waals surface area contributed by atoms with Crippen molar-refractivity contribution in [3.8, 4) is 5.75 Å². The summed E-state index contributed by atoms with van der Waals surface area (Å²) in [6.07, 6.45) is 3.89. The average molecular weight is 261 g/mol. The molecule has 0 spiro atoms. The summed E-state index contributed by atoms with van der Waals surface area (Å²) in [6.45, 7) is 3.71.